The van der Waals surface area contributed by atoms with E-state index in [-0.39, 0.29) is 24.4 Å². The van der Waals surface area contributed by atoms with E-state index < -0.39 is 0 Å². The van der Waals surface area contributed by atoms with Gasteiger partial charge in [0.1, 0.15) is 0 Å². The normalized spacial score (nSPS) is 18.4. The van der Waals surface area contributed by atoms with Crippen LogP contribution in [0.1, 0.15) is 65.2 Å². The van der Waals surface area contributed by atoms with Gasteiger partial charge in [-0.1, -0.05) is 39.5 Å². The zero-order chi connectivity index (χ0) is 12.7. The lowest BCUT2D eigenvalue weighted by Gasteiger charge is -2.35. The number of nitrogens with one attached hydrogen (secondary N) is 1. The van der Waals surface area contributed by atoms with E-state index in [9.17, 15) is 4.79 Å². The van der Waals surface area contributed by atoms with Gasteiger partial charge in [0.25, 0.3) is 0 Å². The maximum atomic E-state index is 11.9. The fourth-order valence-corrected chi connectivity index (χ4v) is 2.42. The smallest absolute Gasteiger partial charge is 0.237 e. The van der Waals surface area contributed by atoms with Crippen molar-refractivity contribution in [2.75, 3.05) is 0 Å². The molecule has 0 saturated heterocycles. The van der Waals surface area contributed by atoms with Gasteiger partial charge in [0.2, 0.25) is 5.91 Å². The van der Waals surface area contributed by atoms with Crippen LogP contribution in [0.25, 0.3) is 0 Å². The second kappa shape index (κ2) is 9.62. The van der Waals surface area contributed by atoms with Crippen LogP contribution in [-0.2, 0) is 4.79 Å². The van der Waals surface area contributed by atoms with Gasteiger partial charge in [0.15, 0.2) is 0 Å². The minimum absolute atomic E-state index is 0. The van der Waals surface area contributed by atoms with Crippen LogP contribution in [0.2, 0.25) is 0 Å². The molecule has 2 unspecified atom stereocenters. The van der Waals surface area contributed by atoms with Gasteiger partial charge in [-0.3, -0.25) is 4.79 Å². The van der Waals surface area contributed by atoms with E-state index in [0.29, 0.717) is 12.0 Å². The van der Waals surface area contributed by atoms with Gasteiger partial charge in [-0.25, -0.2) is 0 Å². The summed E-state index contributed by atoms with van der Waals surface area (Å²) in [6.07, 6.45) is 9.14. The first kappa shape index (κ1) is 17.7. The first-order valence-corrected chi connectivity index (χ1v) is 7.25. The van der Waals surface area contributed by atoms with Crippen LogP contribution in [0.5, 0.6) is 0 Å². The second-order valence-corrected chi connectivity index (χ2v) is 5.34. The number of carbonyl (C=O) groups is 1. The lowest BCUT2D eigenvalue weighted by Crippen LogP contribution is -2.49. The quantitative estimate of drug-likeness (QED) is 0.716. The third-order valence-electron chi connectivity index (χ3n) is 3.85. The number of amides is 1. The standard InChI is InChI=1S/C14H28N2O.ClH/c1-3-5-10-13(11-8-6-9-11)16-14(17)12(15)7-4-2;/h11-13H,3-10,15H2,1-2H3,(H,16,17);1H. The Morgan fingerprint density at radius 3 is 2.39 bits per heavy atom. The third-order valence-corrected chi connectivity index (χ3v) is 3.85. The highest BCUT2D eigenvalue weighted by molar-refractivity contribution is 5.85. The molecular weight excluding hydrogens is 248 g/mol. The van der Waals surface area contributed by atoms with Gasteiger partial charge >= 0.3 is 0 Å². The van der Waals surface area contributed by atoms with Crippen LogP contribution in [-0.4, -0.2) is 18.0 Å². The van der Waals surface area contributed by atoms with E-state index >= 15 is 0 Å². The maximum Gasteiger partial charge on any atom is 0.237 e. The van der Waals surface area contributed by atoms with E-state index in [0.717, 1.165) is 19.3 Å². The summed E-state index contributed by atoms with van der Waals surface area (Å²) in [5.41, 5.74) is 5.85. The van der Waals surface area contributed by atoms with Gasteiger partial charge in [0, 0.05) is 6.04 Å². The lowest BCUT2D eigenvalue weighted by atomic mass is 9.78. The Morgan fingerprint density at radius 2 is 1.94 bits per heavy atom. The van der Waals surface area contributed by atoms with E-state index in [2.05, 4.69) is 19.2 Å². The zero-order valence-electron chi connectivity index (χ0n) is 11.8. The van der Waals surface area contributed by atoms with Crippen LogP contribution in [0.15, 0.2) is 0 Å². The Labute approximate surface area is 118 Å². The average molecular weight is 277 g/mol. The molecule has 0 bridgehead atoms. The molecule has 0 aliphatic heterocycles. The summed E-state index contributed by atoms with van der Waals surface area (Å²) in [6.45, 7) is 4.26. The minimum Gasteiger partial charge on any atom is -0.352 e. The topological polar surface area (TPSA) is 55.1 Å². The van der Waals surface area contributed by atoms with Gasteiger partial charge < -0.3 is 11.1 Å². The van der Waals surface area contributed by atoms with Crippen molar-refractivity contribution in [3.8, 4) is 0 Å². The summed E-state index contributed by atoms with van der Waals surface area (Å²) in [6, 6.07) is 0.0586. The molecule has 3 N–H and O–H groups in total. The highest BCUT2D eigenvalue weighted by atomic mass is 35.5. The first-order chi connectivity index (χ1) is 8.19. The Kier molecular flexibility index (Phi) is 9.47. The first-order valence-electron chi connectivity index (χ1n) is 7.25. The zero-order valence-corrected chi connectivity index (χ0v) is 12.6. The molecule has 1 saturated carbocycles. The molecule has 2 atom stereocenters. The highest BCUT2D eigenvalue weighted by Gasteiger charge is 2.28. The van der Waals surface area contributed by atoms with Crippen LogP contribution >= 0.6 is 12.4 Å². The van der Waals surface area contributed by atoms with Crippen molar-refractivity contribution >= 4 is 18.3 Å². The number of unbranched alkanes of at least 4 members (excludes halogenated alkanes) is 1. The summed E-state index contributed by atoms with van der Waals surface area (Å²) in [7, 11) is 0. The van der Waals surface area contributed by atoms with Crippen molar-refractivity contribution < 1.29 is 4.79 Å². The second-order valence-electron chi connectivity index (χ2n) is 5.34. The molecular formula is C14H29ClN2O. The predicted molar refractivity (Wildman–Crippen MR) is 78.9 cm³/mol. The van der Waals surface area contributed by atoms with Gasteiger partial charge in [-0.15, -0.1) is 12.4 Å². The maximum absolute atomic E-state index is 11.9. The molecule has 0 radical (unpaired) electrons. The van der Waals surface area contributed by atoms with Crippen LogP contribution in [0, 0.1) is 5.92 Å². The van der Waals surface area contributed by atoms with Crippen LogP contribution in [0.4, 0.5) is 0 Å². The minimum atomic E-state index is -0.316. The largest absolute Gasteiger partial charge is 0.352 e. The Morgan fingerprint density at radius 1 is 1.28 bits per heavy atom. The van der Waals surface area contributed by atoms with E-state index in [4.69, 9.17) is 5.73 Å². The third kappa shape index (κ3) is 5.57. The van der Waals surface area contributed by atoms with Crippen molar-refractivity contribution in [2.45, 2.75) is 77.3 Å². The molecule has 18 heavy (non-hydrogen) atoms. The summed E-state index contributed by atoms with van der Waals surface area (Å²) < 4.78 is 0. The molecule has 108 valence electrons. The monoisotopic (exact) mass is 276 g/mol. The molecule has 1 aliphatic rings. The fourth-order valence-electron chi connectivity index (χ4n) is 2.42. The SMILES string of the molecule is CCCCC(NC(=O)C(N)CCC)C1CCC1.Cl. The number of carbonyl (C=O) groups excluding carboxylic acids is 1. The number of hydrogen-bond acceptors (Lipinski definition) is 2. The van der Waals surface area contributed by atoms with Crippen molar-refractivity contribution in [2.24, 2.45) is 11.7 Å². The van der Waals surface area contributed by atoms with Gasteiger partial charge in [0.05, 0.1) is 6.04 Å². The van der Waals surface area contributed by atoms with E-state index in [1.165, 1.54) is 32.1 Å². The molecule has 0 aromatic heterocycles. The van der Waals surface area contributed by atoms with Crippen LogP contribution < -0.4 is 11.1 Å². The van der Waals surface area contributed by atoms with E-state index in [1.54, 1.807) is 0 Å². The number of hydrogen-bond donors (Lipinski definition) is 2. The summed E-state index contributed by atoms with van der Waals surface area (Å²) in [5.74, 6) is 0.763. The Bertz CT molecular complexity index is 232. The molecule has 0 aromatic carbocycles. The highest BCUT2D eigenvalue weighted by Crippen LogP contribution is 2.31. The molecule has 0 heterocycles. The molecule has 3 nitrogen and oxygen atoms in total. The number of rotatable bonds is 8. The van der Waals surface area contributed by atoms with Crippen molar-refractivity contribution in [1.82, 2.24) is 5.32 Å². The Hall–Kier alpha value is -0.280. The van der Waals surface area contributed by atoms with Gasteiger partial charge in [-0.05, 0) is 31.6 Å². The van der Waals surface area contributed by atoms with Crippen molar-refractivity contribution in [3.05, 3.63) is 0 Å². The molecule has 1 fully saturated rings. The van der Waals surface area contributed by atoms with Crippen molar-refractivity contribution in [3.63, 3.8) is 0 Å². The molecule has 0 spiro atoms. The molecule has 1 amide bonds. The molecule has 0 aromatic rings. The number of nitrogens with two attached hydrogens (primary N) is 1. The molecule has 4 heteroatoms. The molecule has 1 rings (SSSR count). The predicted octanol–water partition coefficient (Wildman–Crippen LogP) is 3.01. The summed E-state index contributed by atoms with van der Waals surface area (Å²) >= 11 is 0. The van der Waals surface area contributed by atoms with E-state index in [1.807, 2.05) is 0 Å². The van der Waals surface area contributed by atoms with Gasteiger partial charge in [-0.2, -0.15) is 0 Å². The van der Waals surface area contributed by atoms with Crippen LogP contribution in [0.3, 0.4) is 0 Å². The lowest BCUT2D eigenvalue weighted by molar-refractivity contribution is -0.123. The molecule has 1 aliphatic carbocycles. The average Bonchev–Trinajstić information content (AvgIpc) is 2.23. The summed E-state index contributed by atoms with van der Waals surface area (Å²) in [5, 5.41) is 3.17. The number of halogens is 1. The summed E-state index contributed by atoms with van der Waals surface area (Å²) in [4.78, 5) is 11.9. The fraction of sp³-hybridized carbons (Fsp3) is 0.929. The van der Waals surface area contributed by atoms with Crippen molar-refractivity contribution in [1.29, 1.82) is 0 Å². The Balaban J connectivity index is 0.00000289.